The summed E-state index contributed by atoms with van der Waals surface area (Å²) in [7, 11) is 0. The van der Waals surface area contributed by atoms with E-state index in [1.165, 1.54) is 126 Å². The Morgan fingerprint density at radius 3 is 1.56 bits per heavy atom. The molecule has 220 valence electrons. The molecule has 9 aromatic rings. The Labute approximate surface area is 263 Å². The Bertz CT molecular complexity index is 2590. The average Bonchev–Trinajstić information content (AvgIpc) is 3.79. The maximum absolute atomic E-state index is 2.56. The number of rotatable bonds is 9. The maximum Gasteiger partial charge on any atom is 0.0634 e. The molecule has 2 nitrogen and oxygen atoms in total. The van der Waals surface area contributed by atoms with Crippen LogP contribution in [0.1, 0.15) is 69.9 Å². The normalized spacial score (nSPS) is 13.1. The van der Waals surface area contributed by atoms with Crippen LogP contribution in [0.5, 0.6) is 0 Å². The van der Waals surface area contributed by atoms with Gasteiger partial charge in [-0.05, 0) is 55.2 Å². The summed E-state index contributed by atoms with van der Waals surface area (Å²) in [5, 5.41) is 10.9. The Morgan fingerprint density at radius 2 is 1.00 bits per heavy atom. The van der Waals surface area contributed by atoms with E-state index in [1.54, 1.807) is 0 Å². The van der Waals surface area contributed by atoms with E-state index in [0.29, 0.717) is 0 Å². The Kier molecular flexibility index (Phi) is 6.13. The summed E-state index contributed by atoms with van der Waals surface area (Å²) in [5.41, 5.74) is 10.4. The summed E-state index contributed by atoms with van der Waals surface area (Å²) in [6.45, 7) is 4.38. The van der Waals surface area contributed by atoms with E-state index >= 15 is 0 Å². The highest BCUT2D eigenvalue weighted by Crippen LogP contribution is 2.51. The van der Waals surface area contributed by atoms with Gasteiger partial charge in [-0.2, -0.15) is 0 Å². The van der Waals surface area contributed by atoms with Gasteiger partial charge in [0.25, 0.3) is 0 Å². The SMILES string of the molecule is C/C=C/c1ccc2c3c4c5ccccc5n5c6cc(/C=C/CCCCCCCC)ccc6c(c6c7ccccc7n(c2c1)c63)c45. The van der Waals surface area contributed by atoms with Gasteiger partial charge in [-0.15, -0.1) is 0 Å². The molecule has 2 heteroatoms. The molecule has 0 saturated heterocycles. The molecular formula is C43H38N2. The van der Waals surface area contributed by atoms with E-state index in [9.17, 15) is 0 Å². The number of unbranched alkanes of at least 4 members (excludes halogenated alkanes) is 6. The van der Waals surface area contributed by atoms with Crippen molar-refractivity contribution in [1.82, 2.24) is 8.80 Å². The lowest BCUT2D eigenvalue weighted by Gasteiger charge is -2.03. The van der Waals surface area contributed by atoms with E-state index in [2.05, 4.69) is 132 Å². The number of hydrogen-bond donors (Lipinski definition) is 0. The van der Waals surface area contributed by atoms with Crippen LogP contribution in [-0.2, 0) is 0 Å². The number of benzene rings is 5. The summed E-state index contributed by atoms with van der Waals surface area (Å²) < 4.78 is 5.11. The minimum absolute atomic E-state index is 1.15. The third-order valence-electron chi connectivity index (χ3n) is 10.2. The second-order valence-electron chi connectivity index (χ2n) is 12.9. The van der Waals surface area contributed by atoms with Crippen molar-refractivity contribution in [2.45, 2.75) is 58.8 Å². The van der Waals surface area contributed by atoms with Gasteiger partial charge in [0.05, 0.1) is 33.1 Å². The van der Waals surface area contributed by atoms with E-state index in [-0.39, 0.29) is 0 Å². The monoisotopic (exact) mass is 582 g/mol. The highest BCUT2D eigenvalue weighted by molar-refractivity contribution is 6.45. The molecule has 0 saturated carbocycles. The predicted octanol–water partition coefficient (Wildman–Crippen LogP) is 12.8. The molecule has 0 bridgehead atoms. The second kappa shape index (κ2) is 10.4. The van der Waals surface area contributed by atoms with Crippen LogP contribution in [0, 0.1) is 0 Å². The third-order valence-corrected chi connectivity index (χ3v) is 10.2. The maximum atomic E-state index is 2.56. The van der Waals surface area contributed by atoms with E-state index in [0.717, 1.165) is 6.42 Å². The summed E-state index contributed by atoms with van der Waals surface area (Å²) in [6, 6.07) is 32.2. The van der Waals surface area contributed by atoms with Crippen LogP contribution >= 0.6 is 0 Å². The second-order valence-corrected chi connectivity index (χ2v) is 12.9. The molecule has 0 aliphatic heterocycles. The van der Waals surface area contributed by atoms with Crippen LogP contribution < -0.4 is 0 Å². The summed E-state index contributed by atoms with van der Waals surface area (Å²) in [6.07, 6.45) is 18.2. The Morgan fingerprint density at radius 1 is 0.511 bits per heavy atom. The van der Waals surface area contributed by atoms with Crippen LogP contribution in [0.3, 0.4) is 0 Å². The first-order valence-corrected chi connectivity index (χ1v) is 16.9. The first-order valence-electron chi connectivity index (χ1n) is 16.9. The van der Waals surface area contributed by atoms with Crippen molar-refractivity contribution in [2.75, 3.05) is 0 Å². The molecular weight excluding hydrogens is 544 g/mol. The molecule has 4 heterocycles. The number of hydrogen-bond acceptors (Lipinski definition) is 0. The van der Waals surface area contributed by atoms with Crippen molar-refractivity contribution < 1.29 is 0 Å². The van der Waals surface area contributed by atoms with Gasteiger partial charge in [0.1, 0.15) is 0 Å². The lowest BCUT2D eigenvalue weighted by molar-refractivity contribution is 0.611. The minimum atomic E-state index is 1.15. The largest absolute Gasteiger partial charge is 0.308 e. The van der Waals surface area contributed by atoms with Gasteiger partial charge in [0, 0.05) is 43.1 Å². The summed E-state index contributed by atoms with van der Waals surface area (Å²) in [5.74, 6) is 0. The quantitative estimate of drug-likeness (QED) is 0.150. The molecule has 45 heavy (non-hydrogen) atoms. The van der Waals surface area contributed by atoms with Crippen LogP contribution in [-0.4, -0.2) is 8.80 Å². The number of aromatic nitrogens is 2. The predicted molar refractivity (Wildman–Crippen MR) is 197 cm³/mol. The molecule has 9 rings (SSSR count). The van der Waals surface area contributed by atoms with Gasteiger partial charge in [0.2, 0.25) is 0 Å². The number of fused-ring (bicyclic) bond motifs is 14. The smallest absolute Gasteiger partial charge is 0.0634 e. The third kappa shape index (κ3) is 3.75. The number of para-hydroxylation sites is 2. The molecule has 0 amide bonds. The van der Waals surface area contributed by atoms with E-state index < -0.39 is 0 Å². The van der Waals surface area contributed by atoms with E-state index in [1.807, 2.05) is 0 Å². The van der Waals surface area contributed by atoms with Crippen molar-refractivity contribution >= 4 is 88.3 Å². The molecule has 0 N–H and O–H groups in total. The molecule has 0 fully saturated rings. The fraction of sp³-hybridized carbons (Fsp3) is 0.209. The van der Waals surface area contributed by atoms with Crippen LogP contribution in [0.25, 0.3) is 88.3 Å². The minimum Gasteiger partial charge on any atom is -0.308 e. The summed E-state index contributed by atoms with van der Waals surface area (Å²) in [4.78, 5) is 0. The molecule has 0 radical (unpaired) electrons. The molecule has 5 aromatic carbocycles. The van der Waals surface area contributed by atoms with Gasteiger partial charge in [-0.1, -0.05) is 124 Å². The van der Waals surface area contributed by atoms with Gasteiger partial charge >= 0.3 is 0 Å². The van der Waals surface area contributed by atoms with Gasteiger partial charge in [-0.25, -0.2) is 0 Å². The Hall–Kier alpha value is -4.82. The first-order chi connectivity index (χ1) is 22.3. The van der Waals surface area contributed by atoms with Crippen molar-refractivity contribution in [2.24, 2.45) is 0 Å². The zero-order valence-corrected chi connectivity index (χ0v) is 26.2. The molecule has 0 unspecified atom stereocenters. The zero-order chi connectivity index (χ0) is 30.1. The summed E-state index contributed by atoms with van der Waals surface area (Å²) >= 11 is 0. The average molecular weight is 583 g/mol. The zero-order valence-electron chi connectivity index (χ0n) is 26.2. The lowest BCUT2D eigenvalue weighted by Crippen LogP contribution is -1.81. The van der Waals surface area contributed by atoms with Crippen molar-refractivity contribution in [3.05, 3.63) is 108 Å². The van der Waals surface area contributed by atoms with Gasteiger partial charge < -0.3 is 8.80 Å². The molecule has 0 atom stereocenters. The van der Waals surface area contributed by atoms with Crippen LogP contribution in [0.4, 0.5) is 0 Å². The van der Waals surface area contributed by atoms with Crippen molar-refractivity contribution in [3.63, 3.8) is 0 Å². The fourth-order valence-corrected chi connectivity index (χ4v) is 8.27. The highest BCUT2D eigenvalue weighted by atomic mass is 14.9. The van der Waals surface area contributed by atoms with Crippen molar-refractivity contribution in [3.8, 4) is 0 Å². The molecule has 0 aliphatic rings. The van der Waals surface area contributed by atoms with Gasteiger partial charge in [-0.3, -0.25) is 0 Å². The molecule has 0 aliphatic carbocycles. The Balaban J connectivity index is 1.35. The van der Waals surface area contributed by atoms with Crippen LogP contribution in [0.15, 0.2) is 97.1 Å². The van der Waals surface area contributed by atoms with E-state index in [4.69, 9.17) is 0 Å². The first kappa shape index (κ1) is 26.6. The fourth-order valence-electron chi connectivity index (χ4n) is 8.27. The lowest BCUT2D eigenvalue weighted by atomic mass is 9.97. The molecule has 0 spiro atoms. The standard InChI is InChI=1S/C43H38N2/c1-3-5-6-7-8-9-10-11-17-29-23-25-33-37(27-29)45-35-21-15-13-19-31(35)38-40-32-24-22-28(16-4-2)26-36(32)44-34-20-14-12-18-30(34)39(42(40)44)41(33)43(38)45/h4,11-27H,3,5-10H2,1-2H3/b16-4+,17-11+. The number of allylic oxidation sites excluding steroid dienone is 2. The highest BCUT2D eigenvalue weighted by Gasteiger charge is 2.28. The topological polar surface area (TPSA) is 8.82 Å². The van der Waals surface area contributed by atoms with Crippen LogP contribution in [0.2, 0.25) is 0 Å². The van der Waals surface area contributed by atoms with Gasteiger partial charge in [0.15, 0.2) is 0 Å². The van der Waals surface area contributed by atoms with Crippen molar-refractivity contribution in [1.29, 1.82) is 0 Å². The molecule has 4 aromatic heterocycles. The number of nitrogens with zero attached hydrogens (tertiary/aromatic N) is 2.